The van der Waals surface area contributed by atoms with Crippen molar-refractivity contribution in [3.05, 3.63) is 83.9 Å². The van der Waals surface area contributed by atoms with Crippen LogP contribution in [-0.2, 0) is 21.5 Å². The van der Waals surface area contributed by atoms with Crippen molar-refractivity contribution in [2.75, 3.05) is 13.2 Å². The number of nitrogens with zero attached hydrogens (tertiary/aromatic N) is 2. The van der Waals surface area contributed by atoms with Gasteiger partial charge >= 0.3 is 0 Å². The second kappa shape index (κ2) is 8.93. The predicted molar refractivity (Wildman–Crippen MR) is 129 cm³/mol. The standard InChI is InChI=1S/C28H28N2O3/c1-28(2,3)24-14-12-23(13-15-24)27-30-29-26(33-27)22-10-8-21(9-11-22)20-6-4-19(5-7-20)16-31-17-25-18-32-25/h4-15,25H,16-18H2,1-3H3. The van der Waals surface area contributed by atoms with Crippen molar-refractivity contribution in [3.8, 4) is 34.0 Å². The first-order valence-corrected chi connectivity index (χ1v) is 11.3. The van der Waals surface area contributed by atoms with Gasteiger partial charge in [-0.1, -0.05) is 69.3 Å². The number of ether oxygens (including phenoxy) is 2. The van der Waals surface area contributed by atoms with Gasteiger partial charge in [0.1, 0.15) is 6.10 Å². The summed E-state index contributed by atoms with van der Waals surface area (Å²) in [5, 5.41) is 8.50. The SMILES string of the molecule is CC(C)(C)c1ccc(-c2nnc(-c3ccc(-c4ccc(COCC5CO5)cc4)cc3)o2)cc1. The average Bonchev–Trinajstić information content (AvgIpc) is 3.52. The van der Waals surface area contributed by atoms with E-state index in [0.717, 1.165) is 34.4 Å². The van der Waals surface area contributed by atoms with Gasteiger partial charge in [0.25, 0.3) is 0 Å². The van der Waals surface area contributed by atoms with E-state index in [9.17, 15) is 0 Å². The normalized spacial score (nSPS) is 15.5. The summed E-state index contributed by atoms with van der Waals surface area (Å²) in [5.74, 6) is 1.05. The molecule has 0 spiro atoms. The Morgan fingerprint density at radius 2 is 1.24 bits per heavy atom. The van der Waals surface area contributed by atoms with E-state index >= 15 is 0 Å². The molecular formula is C28H28N2O3. The highest BCUT2D eigenvalue weighted by Crippen LogP contribution is 2.29. The van der Waals surface area contributed by atoms with Gasteiger partial charge in [-0.25, -0.2) is 0 Å². The maximum Gasteiger partial charge on any atom is 0.248 e. The van der Waals surface area contributed by atoms with Crippen LogP contribution in [0.25, 0.3) is 34.0 Å². The Balaban J connectivity index is 1.25. The Bertz CT molecular complexity index is 1200. The highest BCUT2D eigenvalue weighted by molar-refractivity contribution is 5.68. The van der Waals surface area contributed by atoms with Crippen LogP contribution >= 0.6 is 0 Å². The fourth-order valence-corrected chi connectivity index (χ4v) is 3.64. The molecule has 1 saturated heterocycles. The molecule has 1 aliphatic rings. The molecule has 1 atom stereocenters. The van der Waals surface area contributed by atoms with Crippen molar-refractivity contribution >= 4 is 0 Å². The van der Waals surface area contributed by atoms with Crippen LogP contribution in [0.1, 0.15) is 31.9 Å². The molecular weight excluding hydrogens is 412 g/mol. The van der Waals surface area contributed by atoms with Gasteiger partial charge in [-0.15, -0.1) is 10.2 Å². The van der Waals surface area contributed by atoms with E-state index in [4.69, 9.17) is 13.9 Å². The highest BCUT2D eigenvalue weighted by atomic mass is 16.6. The van der Waals surface area contributed by atoms with Crippen LogP contribution in [0.3, 0.4) is 0 Å². The second-order valence-corrected chi connectivity index (χ2v) is 9.48. The number of rotatable bonds is 7. The summed E-state index contributed by atoms with van der Waals surface area (Å²) in [6.07, 6.45) is 0.298. The van der Waals surface area contributed by atoms with Gasteiger partial charge in [0.05, 0.1) is 19.8 Å². The Kier molecular flexibility index (Phi) is 5.83. The van der Waals surface area contributed by atoms with Crippen molar-refractivity contribution in [1.82, 2.24) is 10.2 Å². The van der Waals surface area contributed by atoms with Gasteiger partial charge in [-0.05, 0) is 51.9 Å². The van der Waals surface area contributed by atoms with E-state index in [2.05, 4.69) is 79.5 Å². The molecule has 1 unspecified atom stereocenters. The van der Waals surface area contributed by atoms with Crippen LogP contribution in [0.15, 0.2) is 77.2 Å². The summed E-state index contributed by atoms with van der Waals surface area (Å²) < 4.78 is 16.8. The van der Waals surface area contributed by atoms with E-state index in [1.54, 1.807) is 0 Å². The fraction of sp³-hybridized carbons (Fsp3) is 0.286. The first-order valence-electron chi connectivity index (χ1n) is 11.3. The first-order chi connectivity index (χ1) is 16.0. The molecule has 5 rings (SSSR count). The number of benzene rings is 3. The maximum atomic E-state index is 5.96. The lowest BCUT2D eigenvalue weighted by Gasteiger charge is -2.18. The van der Waals surface area contributed by atoms with Crippen LogP contribution in [0.4, 0.5) is 0 Å². The first kappa shape index (κ1) is 21.6. The Labute approximate surface area is 194 Å². The zero-order valence-electron chi connectivity index (χ0n) is 19.2. The van der Waals surface area contributed by atoms with E-state index in [-0.39, 0.29) is 5.41 Å². The smallest absolute Gasteiger partial charge is 0.248 e. The van der Waals surface area contributed by atoms with Gasteiger partial charge in [0, 0.05) is 11.1 Å². The van der Waals surface area contributed by atoms with Crippen LogP contribution in [-0.4, -0.2) is 29.5 Å². The molecule has 3 aromatic carbocycles. The summed E-state index contributed by atoms with van der Waals surface area (Å²) in [6, 6.07) is 24.9. The lowest BCUT2D eigenvalue weighted by Crippen LogP contribution is -2.10. The molecule has 2 heterocycles. The lowest BCUT2D eigenvalue weighted by molar-refractivity contribution is 0.104. The van der Waals surface area contributed by atoms with Crippen molar-refractivity contribution < 1.29 is 13.9 Å². The third-order valence-corrected chi connectivity index (χ3v) is 5.82. The molecule has 0 amide bonds. The molecule has 33 heavy (non-hydrogen) atoms. The molecule has 1 aliphatic heterocycles. The van der Waals surface area contributed by atoms with E-state index in [1.807, 2.05) is 24.3 Å². The van der Waals surface area contributed by atoms with Gasteiger partial charge < -0.3 is 13.9 Å². The molecule has 4 aromatic rings. The van der Waals surface area contributed by atoms with Crippen LogP contribution < -0.4 is 0 Å². The minimum absolute atomic E-state index is 0.111. The molecule has 0 aliphatic carbocycles. The lowest BCUT2D eigenvalue weighted by atomic mass is 9.87. The summed E-state index contributed by atoms with van der Waals surface area (Å²) in [7, 11) is 0. The van der Waals surface area contributed by atoms with Crippen molar-refractivity contribution in [3.63, 3.8) is 0 Å². The third-order valence-electron chi connectivity index (χ3n) is 5.82. The molecule has 0 saturated carbocycles. The van der Waals surface area contributed by atoms with Gasteiger partial charge in [-0.2, -0.15) is 0 Å². The molecule has 0 N–H and O–H groups in total. The molecule has 1 fully saturated rings. The topological polar surface area (TPSA) is 60.7 Å². The summed E-state index contributed by atoms with van der Waals surface area (Å²) in [4.78, 5) is 0. The van der Waals surface area contributed by atoms with Gasteiger partial charge in [0.15, 0.2) is 0 Å². The van der Waals surface area contributed by atoms with Crippen LogP contribution in [0.5, 0.6) is 0 Å². The highest BCUT2D eigenvalue weighted by Gasteiger charge is 2.22. The molecule has 5 heteroatoms. The molecule has 1 aromatic heterocycles. The molecule has 0 radical (unpaired) electrons. The Hall–Kier alpha value is -3.28. The predicted octanol–water partition coefficient (Wildman–Crippen LogP) is 6.28. The third kappa shape index (κ3) is 5.21. The summed E-state index contributed by atoms with van der Waals surface area (Å²) in [6.45, 7) is 8.70. The van der Waals surface area contributed by atoms with E-state index < -0.39 is 0 Å². The number of hydrogen-bond donors (Lipinski definition) is 0. The van der Waals surface area contributed by atoms with E-state index in [1.165, 1.54) is 5.56 Å². The van der Waals surface area contributed by atoms with Crippen LogP contribution in [0.2, 0.25) is 0 Å². The minimum Gasteiger partial charge on any atom is -0.416 e. The fourth-order valence-electron chi connectivity index (χ4n) is 3.64. The Morgan fingerprint density at radius 3 is 1.76 bits per heavy atom. The minimum atomic E-state index is 0.111. The molecule has 5 nitrogen and oxygen atoms in total. The van der Waals surface area contributed by atoms with Crippen molar-refractivity contribution in [2.24, 2.45) is 0 Å². The van der Waals surface area contributed by atoms with Crippen molar-refractivity contribution in [2.45, 2.75) is 38.9 Å². The maximum absolute atomic E-state index is 5.96. The summed E-state index contributed by atoms with van der Waals surface area (Å²) in [5.41, 5.74) is 6.65. The Morgan fingerprint density at radius 1 is 0.758 bits per heavy atom. The van der Waals surface area contributed by atoms with E-state index in [0.29, 0.717) is 31.1 Å². The quantitative estimate of drug-likeness (QED) is 0.316. The number of epoxide rings is 1. The number of hydrogen-bond acceptors (Lipinski definition) is 5. The largest absolute Gasteiger partial charge is 0.416 e. The zero-order chi connectivity index (χ0) is 22.8. The summed E-state index contributed by atoms with van der Waals surface area (Å²) >= 11 is 0. The average molecular weight is 441 g/mol. The second-order valence-electron chi connectivity index (χ2n) is 9.48. The number of aromatic nitrogens is 2. The molecule has 168 valence electrons. The van der Waals surface area contributed by atoms with Gasteiger partial charge in [0.2, 0.25) is 11.8 Å². The zero-order valence-corrected chi connectivity index (χ0v) is 19.2. The van der Waals surface area contributed by atoms with Gasteiger partial charge in [-0.3, -0.25) is 0 Å². The van der Waals surface area contributed by atoms with Crippen LogP contribution in [0, 0.1) is 0 Å². The van der Waals surface area contributed by atoms with Crippen molar-refractivity contribution in [1.29, 1.82) is 0 Å². The monoisotopic (exact) mass is 440 g/mol. The molecule has 0 bridgehead atoms.